The number of nitrogens with one attached hydrogen (secondary N) is 2. The molecule has 3 aromatic carbocycles. The van der Waals surface area contributed by atoms with E-state index >= 15 is 0 Å². The molecule has 10 nitrogen and oxygen atoms in total. The summed E-state index contributed by atoms with van der Waals surface area (Å²) in [6.07, 6.45) is -0.253. The molecule has 1 aromatic heterocycles. The van der Waals surface area contributed by atoms with Crippen molar-refractivity contribution in [2.75, 3.05) is 32.1 Å². The molecule has 0 radical (unpaired) electrons. The number of aliphatic hydroxyl groups is 1. The Morgan fingerprint density at radius 1 is 1.12 bits per heavy atom. The van der Waals surface area contributed by atoms with Crippen molar-refractivity contribution in [1.82, 2.24) is 19.8 Å². The van der Waals surface area contributed by atoms with Crippen molar-refractivity contribution >= 4 is 29.1 Å². The number of nitrogens with zero attached hydrogens (tertiary/aromatic N) is 3. The van der Waals surface area contributed by atoms with E-state index in [4.69, 9.17) is 4.74 Å². The van der Waals surface area contributed by atoms with Gasteiger partial charge in [-0.05, 0) is 78.4 Å². The average molecular weight is 574 g/mol. The Kier molecular flexibility index (Phi) is 7.42. The maximum Gasteiger partial charge on any atom is 0.413 e. The zero-order valence-electron chi connectivity index (χ0n) is 23.4. The number of rotatable bonds is 3. The fourth-order valence-corrected chi connectivity index (χ4v) is 5.80. The van der Waals surface area contributed by atoms with Crippen LogP contribution in [0.25, 0.3) is 22.2 Å². The van der Waals surface area contributed by atoms with Gasteiger partial charge in [-0.3, -0.25) is 5.32 Å². The summed E-state index contributed by atoms with van der Waals surface area (Å²) in [5, 5.41) is 12.9. The van der Waals surface area contributed by atoms with Crippen molar-refractivity contribution in [3.8, 4) is 16.9 Å². The summed E-state index contributed by atoms with van der Waals surface area (Å²) in [5.41, 5.74) is 5.98. The van der Waals surface area contributed by atoms with Crippen LogP contribution in [0, 0.1) is 12.7 Å². The Hall–Kier alpha value is -4.64. The quantitative estimate of drug-likeness (QED) is 0.303. The number of methoxy groups -OCH3 is 1. The Balaban J connectivity index is 1.27. The molecular formula is C31H32FN5O5. The second-order valence-electron chi connectivity index (χ2n) is 10.7. The second-order valence-corrected chi connectivity index (χ2v) is 10.7. The molecule has 3 N–H and O–H groups in total. The van der Waals surface area contributed by atoms with Gasteiger partial charge in [0.15, 0.2) is 0 Å². The minimum atomic E-state index is -0.612. The first-order chi connectivity index (χ1) is 20.3. The van der Waals surface area contributed by atoms with Gasteiger partial charge in [0, 0.05) is 12.1 Å². The molecule has 0 spiro atoms. The second kappa shape index (κ2) is 11.3. The summed E-state index contributed by atoms with van der Waals surface area (Å²) in [4.78, 5) is 36.6. The number of hydrogen-bond donors (Lipinski definition) is 3. The third-order valence-electron chi connectivity index (χ3n) is 7.89. The highest BCUT2D eigenvalue weighted by Gasteiger charge is 2.35. The number of aliphatic hydroxyl groups excluding tert-OH is 1. The van der Waals surface area contributed by atoms with Gasteiger partial charge in [-0.1, -0.05) is 18.2 Å². The van der Waals surface area contributed by atoms with E-state index in [0.717, 1.165) is 39.1 Å². The zero-order valence-corrected chi connectivity index (χ0v) is 23.4. The monoisotopic (exact) mass is 573 g/mol. The molecular weight excluding hydrogens is 541 g/mol. The Morgan fingerprint density at radius 2 is 1.93 bits per heavy atom. The molecule has 3 heterocycles. The third kappa shape index (κ3) is 5.47. The van der Waals surface area contributed by atoms with E-state index in [-0.39, 0.29) is 17.9 Å². The fourth-order valence-electron chi connectivity index (χ4n) is 5.80. The van der Waals surface area contributed by atoms with Crippen molar-refractivity contribution in [2.45, 2.75) is 38.5 Å². The number of carbonyl (C=O) groups is 2. The maximum atomic E-state index is 14.0. The molecule has 1 saturated heterocycles. The van der Waals surface area contributed by atoms with Crippen LogP contribution in [-0.4, -0.2) is 69.9 Å². The van der Waals surface area contributed by atoms with Gasteiger partial charge in [0.2, 0.25) is 5.95 Å². The lowest BCUT2D eigenvalue weighted by molar-refractivity contribution is 0.0456. The van der Waals surface area contributed by atoms with Crippen molar-refractivity contribution < 1.29 is 28.6 Å². The summed E-state index contributed by atoms with van der Waals surface area (Å²) in [7, 11) is 1.29. The minimum Gasteiger partial charge on any atom is -0.491 e. The number of piperidine rings is 1. The number of hydrogen-bond acceptors (Lipinski definition) is 6. The number of halogens is 1. The topological polar surface area (TPSA) is 120 Å². The lowest BCUT2D eigenvalue weighted by atomic mass is 9.93. The molecule has 2 aliphatic rings. The molecule has 3 amide bonds. The van der Waals surface area contributed by atoms with Crippen molar-refractivity contribution in [2.24, 2.45) is 0 Å². The van der Waals surface area contributed by atoms with Crippen LogP contribution in [0.15, 0.2) is 54.6 Å². The molecule has 1 fully saturated rings. The van der Waals surface area contributed by atoms with Crippen LogP contribution in [0.4, 0.5) is 19.9 Å². The number of ether oxygens (including phenoxy) is 2. The molecule has 4 aromatic rings. The van der Waals surface area contributed by atoms with E-state index < -0.39 is 12.2 Å². The van der Waals surface area contributed by atoms with Crippen LogP contribution >= 0.6 is 0 Å². The molecule has 6 rings (SSSR count). The number of aromatic amines is 1. The minimum absolute atomic E-state index is 0.139. The lowest BCUT2D eigenvalue weighted by Crippen LogP contribution is -2.49. The number of imidazole rings is 1. The third-order valence-corrected chi connectivity index (χ3v) is 7.89. The highest BCUT2D eigenvalue weighted by atomic mass is 19.1. The number of H-pyrrole nitrogens is 1. The predicted octanol–water partition coefficient (Wildman–Crippen LogP) is 5.37. The molecule has 2 atom stereocenters. The smallest absolute Gasteiger partial charge is 0.413 e. The molecule has 0 aliphatic carbocycles. The van der Waals surface area contributed by atoms with Gasteiger partial charge in [0.05, 0.1) is 43.4 Å². The van der Waals surface area contributed by atoms with Crippen molar-refractivity contribution in [3.63, 3.8) is 0 Å². The summed E-state index contributed by atoms with van der Waals surface area (Å²) < 4.78 is 24.4. The molecule has 218 valence electrons. The first-order valence-electron chi connectivity index (χ1n) is 13.9. The first kappa shape index (κ1) is 27.5. The highest BCUT2D eigenvalue weighted by Crippen LogP contribution is 2.36. The SMILES string of the molecule is COC(=O)Nc1nc2ccc(-c3cc(C)c4c(c3)CN(C(=O)N3CCC(O)CC3c3ccc(F)cc3)CCO4)cc2[nH]1. The number of urea groups is 1. The Bertz CT molecular complexity index is 1640. The van der Waals surface area contributed by atoms with Crippen LogP contribution in [-0.2, 0) is 11.3 Å². The van der Waals surface area contributed by atoms with E-state index in [1.807, 2.05) is 31.2 Å². The summed E-state index contributed by atoms with van der Waals surface area (Å²) in [6, 6.07) is 15.5. The van der Waals surface area contributed by atoms with Crippen molar-refractivity contribution in [1.29, 1.82) is 0 Å². The van der Waals surface area contributed by atoms with Gasteiger partial charge >= 0.3 is 12.1 Å². The number of likely N-dealkylation sites (tertiary alicyclic amines) is 1. The van der Waals surface area contributed by atoms with Crippen LogP contribution in [0.5, 0.6) is 5.75 Å². The van der Waals surface area contributed by atoms with Gasteiger partial charge in [-0.2, -0.15) is 0 Å². The van der Waals surface area contributed by atoms with Gasteiger partial charge in [0.25, 0.3) is 0 Å². The Labute approximate surface area is 242 Å². The number of carbonyl (C=O) groups excluding carboxylic acids is 2. The van der Waals surface area contributed by atoms with E-state index in [9.17, 15) is 19.1 Å². The first-order valence-corrected chi connectivity index (χ1v) is 13.9. The van der Waals surface area contributed by atoms with E-state index in [2.05, 4.69) is 26.1 Å². The number of aryl methyl sites for hydroxylation is 1. The number of fused-ring (bicyclic) bond motifs is 2. The van der Waals surface area contributed by atoms with Crippen LogP contribution in [0.3, 0.4) is 0 Å². The van der Waals surface area contributed by atoms with Crippen LogP contribution < -0.4 is 10.1 Å². The van der Waals surface area contributed by atoms with Crippen molar-refractivity contribution in [3.05, 3.63) is 77.1 Å². The number of benzene rings is 3. The largest absolute Gasteiger partial charge is 0.491 e. The standard InChI is InChI=1S/C31H32FN5O5/c1-18-13-21(20-5-8-25-26(15-20)34-29(33-25)35-30(39)41-2)14-22-17-36(11-12-42-28(18)22)31(40)37-10-9-24(38)16-27(37)19-3-6-23(32)7-4-19/h3-8,13-15,24,27,38H,9-12,16-17H2,1-2H3,(H2,33,34,35,39). The predicted molar refractivity (Wildman–Crippen MR) is 155 cm³/mol. The number of anilines is 1. The number of amides is 3. The van der Waals surface area contributed by atoms with Gasteiger partial charge in [-0.15, -0.1) is 0 Å². The molecule has 11 heteroatoms. The summed E-state index contributed by atoms with van der Waals surface area (Å²) >= 11 is 0. The average Bonchev–Trinajstić information content (AvgIpc) is 3.25. The normalized spacial score (nSPS) is 18.7. The molecule has 0 bridgehead atoms. The van der Waals surface area contributed by atoms with Gasteiger partial charge in [-0.25, -0.2) is 19.0 Å². The van der Waals surface area contributed by atoms with Gasteiger partial charge in [0.1, 0.15) is 18.2 Å². The van der Waals surface area contributed by atoms with E-state index in [1.165, 1.54) is 19.2 Å². The summed E-state index contributed by atoms with van der Waals surface area (Å²) in [5.74, 6) is 0.717. The molecule has 2 unspecified atom stereocenters. The number of aromatic nitrogens is 2. The van der Waals surface area contributed by atoms with E-state index in [0.29, 0.717) is 50.5 Å². The molecule has 0 saturated carbocycles. The zero-order chi connectivity index (χ0) is 29.4. The Morgan fingerprint density at radius 3 is 2.71 bits per heavy atom. The molecule has 42 heavy (non-hydrogen) atoms. The fraction of sp³-hybridized carbons (Fsp3) is 0.323. The maximum absolute atomic E-state index is 14.0. The molecule has 2 aliphatic heterocycles. The van der Waals surface area contributed by atoms with Crippen LogP contribution in [0.1, 0.15) is 35.6 Å². The lowest BCUT2D eigenvalue weighted by Gasteiger charge is -2.40. The van der Waals surface area contributed by atoms with E-state index in [1.54, 1.807) is 21.9 Å². The van der Waals surface area contributed by atoms with Crippen LogP contribution in [0.2, 0.25) is 0 Å². The highest BCUT2D eigenvalue weighted by molar-refractivity contribution is 5.88. The summed E-state index contributed by atoms with van der Waals surface area (Å²) in [6.45, 7) is 3.52. The van der Waals surface area contributed by atoms with Gasteiger partial charge < -0.3 is 29.4 Å².